The van der Waals surface area contributed by atoms with E-state index in [0.29, 0.717) is 16.4 Å². The summed E-state index contributed by atoms with van der Waals surface area (Å²) in [7, 11) is 0. The number of carbonyl (C=O) groups excluding carboxylic acids is 1. The molecule has 1 amide bonds. The van der Waals surface area contributed by atoms with Gasteiger partial charge in [-0.3, -0.25) is 4.79 Å². The zero-order valence-corrected chi connectivity index (χ0v) is 14.4. The van der Waals surface area contributed by atoms with Crippen molar-refractivity contribution in [2.24, 2.45) is 0 Å². The van der Waals surface area contributed by atoms with Crippen LogP contribution in [0.2, 0.25) is 5.02 Å². The standard InChI is InChI=1S/C18H14ClN3OS/c1-24-16-5-3-2-4-15(16)22-18(23)13-10-20-17(21-11-13)12-6-8-14(19)9-7-12/h2-11H,1H3,(H,22,23). The van der Waals surface area contributed by atoms with Gasteiger partial charge in [0.15, 0.2) is 5.82 Å². The lowest BCUT2D eigenvalue weighted by atomic mass is 10.2. The van der Waals surface area contributed by atoms with Gasteiger partial charge in [0.2, 0.25) is 0 Å². The predicted molar refractivity (Wildman–Crippen MR) is 98.7 cm³/mol. The average Bonchev–Trinajstić information content (AvgIpc) is 2.63. The van der Waals surface area contributed by atoms with E-state index in [1.807, 2.05) is 42.7 Å². The summed E-state index contributed by atoms with van der Waals surface area (Å²) in [6.45, 7) is 0. The number of rotatable bonds is 4. The van der Waals surface area contributed by atoms with Crippen molar-refractivity contribution < 1.29 is 4.79 Å². The van der Waals surface area contributed by atoms with Crippen LogP contribution in [0, 0.1) is 0 Å². The SMILES string of the molecule is CSc1ccccc1NC(=O)c1cnc(-c2ccc(Cl)cc2)nc1. The first-order valence-corrected chi connectivity index (χ1v) is 8.80. The van der Waals surface area contributed by atoms with Crippen molar-refractivity contribution in [3.05, 3.63) is 71.5 Å². The van der Waals surface area contributed by atoms with Gasteiger partial charge < -0.3 is 5.32 Å². The van der Waals surface area contributed by atoms with Crippen molar-refractivity contribution in [2.75, 3.05) is 11.6 Å². The minimum atomic E-state index is -0.237. The van der Waals surface area contributed by atoms with Gasteiger partial charge in [0, 0.05) is 27.9 Å². The number of aromatic nitrogens is 2. The Balaban J connectivity index is 1.77. The molecule has 3 rings (SSSR count). The minimum Gasteiger partial charge on any atom is -0.321 e. The Labute approximate surface area is 149 Å². The molecule has 0 atom stereocenters. The molecule has 0 saturated carbocycles. The molecule has 1 N–H and O–H groups in total. The van der Waals surface area contributed by atoms with Gasteiger partial charge in [-0.1, -0.05) is 23.7 Å². The third-order valence-corrected chi connectivity index (χ3v) is 4.42. The Morgan fingerprint density at radius 3 is 2.38 bits per heavy atom. The van der Waals surface area contributed by atoms with Crippen molar-refractivity contribution in [1.29, 1.82) is 0 Å². The molecule has 0 radical (unpaired) electrons. The van der Waals surface area contributed by atoms with Crippen LogP contribution in [0.1, 0.15) is 10.4 Å². The number of nitrogens with zero attached hydrogens (tertiary/aromatic N) is 2. The van der Waals surface area contributed by atoms with Gasteiger partial charge >= 0.3 is 0 Å². The van der Waals surface area contributed by atoms with Crippen LogP contribution < -0.4 is 5.32 Å². The fraction of sp³-hybridized carbons (Fsp3) is 0.0556. The van der Waals surface area contributed by atoms with Crippen LogP contribution >= 0.6 is 23.4 Å². The third kappa shape index (κ3) is 3.75. The maximum Gasteiger partial charge on any atom is 0.258 e. The van der Waals surface area contributed by atoms with Crippen LogP contribution in [0.15, 0.2) is 65.8 Å². The van der Waals surface area contributed by atoms with E-state index in [4.69, 9.17) is 11.6 Å². The number of hydrogen-bond acceptors (Lipinski definition) is 4. The van der Waals surface area contributed by atoms with Crippen LogP contribution in [0.4, 0.5) is 5.69 Å². The van der Waals surface area contributed by atoms with Gasteiger partial charge in [-0.25, -0.2) is 9.97 Å². The first-order chi connectivity index (χ1) is 11.7. The molecule has 0 bridgehead atoms. The van der Waals surface area contributed by atoms with Crippen molar-refractivity contribution in [1.82, 2.24) is 9.97 Å². The second-order valence-corrected chi connectivity index (χ2v) is 6.24. The second kappa shape index (κ2) is 7.47. The highest BCUT2D eigenvalue weighted by molar-refractivity contribution is 7.98. The summed E-state index contributed by atoms with van der Waals surface area (Å²) in [6.07, 6.45) is 5.01. The quantitative estimate of drug-likeness (QED) is 0.685. The molecule has 4 nitrogen and oxygen atoms in total. The topological polar surface area (TPSA) is 54.9 Å². The molecule has 1 aromatic heterocycles. The van der Waals surface area contributed by atoms with Gasteiger partial charge in [-0.15, -0.1) is 11.8 Å². The Morgan fingerprint density at radius 1 is 1.04 bits per heavy atom. The molecule has 0 aliphatic rings. The van der Waals surface area contributed by atoms with Crippen LogP contribution in [0.25, 0.3) is 11.4 Å². The van der Waals surface area contributed by atoms with Gasteiger partial charge in [0.05, 0.1) is 11.3 Å². The minimum absolute atomic E-state index is 0.237. The number of halogens is 1. The summed E-state index contributed by atoms with van der Waals surface area (Å²) in [5, 5.41) is 3.54. The number of nitrogens with one attached hydrogen (secondary N) is 1. The summed E-state index contributed by atoms with van der Waals surface area (Å²) in [5.41, 5.74) is 2.03. The molecule has 2 aromatic carbocycles. The number of hydrogen-bond donors (Lipinski definition) is 1. The molecule has 120 valence electrons. The first kappa shape index (κ1) is 16.5. The highest BCUT2D eigenvalue weighted by Crippen LogP contribution is 2.25. The normalized spacial score (nSPS) is 10.4. The van der Waals surface area contributed by atoms with Crippen LogP contribution in [0.3, 0.4) is 0 Å². The lowest BCUT2D eigenvalue weighted by Crippen LogP contribution is -2.13. The van der Waals surface area contributed by atoms with Gasteiger partial charge in [0.25, 0.3) is 5.91 Å². The van der Waals surface area contributed by atoms with E-state index in [2.05, 4.69) is 15.3 Å². The van der Waals surface area contributed by atoms with Gasteiger partial charge in [0.1, 0.15) is 0 Å². The molecular weight excluding hydrogens is 342 g/mol. The molecule has 0 aliphatic heterocycles. The maximum absolute atomic E-state index is 12.4. The number of anilines is 1. The fourth-order valence-electron chi connectivity index (χ4n) is 2.14. The first-order valence-electron chi connectivity index (χ1n) is 7.20. The Morgan fingerprint density at radius 2 is 1.71 bits per heavy atom. The second-order valence-electron chi connectivity index (χ2n) is 4.96. The molecule has 0 aliphatic carbocycles. The van der Waals surface area contributed by atoms with Crippen LogP contribution in [-0.2, 0) is 0 Å². The molecule has 0 unspecified atom stereocenters. The zero-order valence-electron chi connectivity index (χ0n) is 12.9. The maximum atomic E-state index is 12.4. The van der Waals surface area contributed by atoms with E-state index in [1.54, 1.807) is 23.9 Å². The van der Waals surface area contributed by atoms with Gasteiger partial charge in [-0.05, 0) is 42.7 Å². The molecule has 24 heavy (non-hydrogen) atoms. The van der Waals surface area contributed by atoms with Crippen molar-refractivity contribution in [3.8, 4) is 11.4 Å². The summed E-state index contributed by atoms with van der Waals surface area (Å²) in [4.78, 5) is 21.9. The van der Waals surface area contributed by atoms with Crippen molar-refractivity contribution >= 4 is 35.0 Å². The van der Waals surface area contributed by atoms with E-state index in [0.717, 1.165) is 16.1 Å². The molecule has 1 heterocycles. The molecular formula is C18H14ClN3OS. The monoisotopic (exact) mass is 355 g/mol. The zero-order chi connectivity index (χ0) is 16.9. The van der Waals surface area contributed by atoms with E-state index >= 15 is 0 Å². The van der Waals surface area contributed by atoms with E-state index in [1.165, 1.54) is 12.4 Å². The lowest BCUT2D eigenvalue weighted by molar-refractivity contribution is 0.102. The summed E-state index contributed by atoms with van der Waals surface area (Å²) in [6, 6.07) is 14.9. The number of amides is 1. The molecule has 3 aromatic rings. The Kier molecular flexibility index (Phi) is 5.13. The molecule has 0 fully saturated rings. The smallest absolute Gasteiger partial charge is 0.258 e. The lowest BCUT2D eigenvalue weighted by Gasteiger charge is -2.09. The summed E-state index contributed by atoms with van der Waals surface area (Å²) >= 11 is 7.45. The fourth-order valence-corrected chi connectivity index (χ4v) is 2.82. The predicted octanol–water partition coefficient (Wildman–Crippen LogP) is 4.77. The summed E-state index contributed by atoms with van der Waals surface area (Å²) in [5.74, 6) is 0.312. The van der Waals surface area contributed by atoms with Crippen LogP contribution in [-0.4, -0.2) is 22.1 Å². The highest BCUT2D eigenvalue weighted by Gasteiger charge is 2.10. The largest absolute Gasteiger partial charge is 0.321 e. The summed E-state index contributed by atoms with van der Waals surface area (Å²) < 4.78 is 0. The van der Waals surface area contributed by atoms with Gasteiger partial charge in [-0.2, -0.15) is 0 Å². The average molecular weight is 356 g/mol. The van der Waals surface area contributed by atoms with Crippen molar-refractivity contribution in [2.45, 2.75) is 4.90 Å². The highest BCUT2D eigenvalue weighted by atomic mass is 35.5. The number of thioether (sulfide) groups is 1. The van der Waals surface area contributed by atoms with Crippen molar-refractivity contribution in [3.63, 3.8) is 0 Å². The molecule has 6 heteroatoms. The van der Waals surface area contributed by atoms with E-state index in [9.17, 15) is 4.79 Å². The van der Waals surface area contributed by atoms with E-state index in [-0.39, 0.29) is 5.91 Å². The Hall–Kier alpha value is -2.37. The molecule has 0 spiro atoms. The molecule has 0 saturated heterocycles. The third-order valence-electron chi connectivity index (χ3n) is 3.37. The number of carbonyl (C=O) groups is 1. The number of para-hydroxylation sites is 1. The Bertz CT molecular complexity index is 851. The van der Waals surface area contributed by atoms with E-state index < -0.39 is 0 Å². The number of benzene rings is 2. The van der Waals surface area contributed by atoms with Crippen LogP contribution in [0.5, 0.6) is 0 Å².